The van der Waals surface area contributed by atoms with Crippen molar-refractivity contribution in [1.29, 1.82) is 0 Å². The molecule has 2 N–H and O–H groups in total. The van der Waals surface area contributed by atoms with Gasteiger partial charge in [0.1, 0.15) is 11.9 Å². The van der Waals surface area contributed by atoms with E-state index in [0.29, 0.717) is 11.1 Å². The number of halogens is 1. The molecule has 0 aromatic heterocycles. The maximum atomic E-state index is 6.27. The fourth-order valence-electron chi connectivity index (χ4n) is 3.39. The van der Waals surface area contributed by atoms with Crippen LogP contribution in [0.3, 0.4) is 0 Å². The molecule has 3 heteroatoms. The standard InChI is InChI=1S/C15H20ClNO/c1-9(17)11-4-5-14(13(16)8-11)18-15-7-10-2-3-12(15)6-10/h4-5,8-10,12,15H,2-3,6-7,17H2,1H3/t9-,10?,12?,15?/m1/s1. The summed E-state index contributed by atoms with van der Waals surface area (Å²) in [5.41, 5.74) is 6.90. The van der Waals surface area contributed by atoms with Gasteiger partial charge in [0.15, 0.2) is 0 Å². The predicted octanol–water partition coefficient (Wildman–Crippen LogP) is 3.93. The van der Waals surface area contributed by atoms with Gasteiger partial charge in [0.2, 0.25) is 0 Å². The first kappa shape index (κ1) is 12.3. The van der Waals surface area contributed by atoms with E-state index in [9.17, 15) is 0 Å². The zero-order chi connectivity index (χ0) is 12.7. The van der Waals surface area contributed by atoms with E-state index in [0.717, 1.165) is 23.1 Å². The Balaban J connectivity index is 1.73. The van der Waals surface area contributed by atoms with Crippen molar-refractivity contribution in [2.45, 2.75) is 44.8 Å². The van der Waals surface area contributed by atoms with Gasteiger partial charge in [0.05, 0.1) is 5.02 Å². The van der Waals surface area contributed by atoms with Gasteiger partial charge in [-0.2, -0.15) is 0 Å². The summed E-state index contributed by atoms with van der Waals surface area (Å²) >= 11 is 6.27. The van der Waals surface area contributed by atoms with E-state index < -0.39 is 0 Å². The van der Waals surface area contributed by atoms with Crippen molar-refractivity contribution in [2.75, 3.05) is 0 Å². The molecule has 1 aromatic carbocycles. The summed E-state index contributed by atoms with van der Waals surface area (Å²) in [5, 5.41) is 0.688. The fraction of sp³-hybridized carbons (Fsp3) is 0.600. The van der Waals surface area contributed by atoms with Crippen molar-refractivity contribution >= 4 is 11.6 Å². The van der Waals surface area contributed by atoms with Gasteiger partial charge in [0, 0.05) is 6.04 Å². The van der Waals surface area contributed by atoms with Gasteiger partial charge in [-0.15, -0.1) is 0 Å². The molecule has 0 saturated heterocycles. The Morgan fingerprint density at radius 1 is 1.33 bits per heavy atom. The Morgan fingerprint density at radius 2 is 2.17 bits per heavy atom. The van der Waals surface area contributed by atoms with Gasteiger partial charge in [-0.3, -0.25) is 0 Å². The highest BCUT2D eigenvalue weighted by atomic mass is 35.5. The minimum Gasteiger partial charge on any atom is -0.489 e. The van der Waals surface area contributed by atoms with E-state index >= 15 is 0 Å². The van der Waals surface area contributed by atoms with E-state index in [4.69, 9.17) is 22.1 Å². The lowest BCUT2D eigenvalue weighted by molar-refractivity contribution is 0.138. The molecule has 0 amide bonds. The van der Waals surface area contributed by atoms with Crippen molar-refractivity contribution in [3.8, 4) is 5.75 Å². The second kappa shape index (κ2) is 4.75. The number of rotatable bonds is 3. The molecule has 4 atom stereocenters. The second-order valence-electron chi connectivity index (χ2n) is 5.81. The summed E-state index contributed by atoms with van der Waals surface area (Å²) in [4.78, 5) is 0. The number of hydrogen-bond donors (Lipinski definition) is 1. The normalized spacial score (nSPS) is 31.6. The summed E-state index contributed by atoms with van der Waals surface area (Å²) in [7, 11) is 0. The third kappa shape index (κ3) is 2.24. The number of ether oxygens (including phenoxy) is 1. The molecule has 2 fully saturated rings. The number of fused-ring (bicyclic) bond motifs is 2. The lowest BCUT2D eigenvalue weighted by atomic mass is 9.98. The minimum absolute atomic E-state index is 0.0130. The first-order valence-corrected chi connectivity index (χ1v) is 7.23. The number of nitrogens with two attached hydrogens (primary N) is 1. The van der Waals surface area contributed by atoms with Gasteiger partial charge >= 0.3 is 0 Å². The van der Waals surface area contributed by atoms with Crippen molar-refractivity contribution in [1.82, 2.24) is 0 Å². The molecule has 3 rings (SSSR count). The lowest BCUT2D eigenvalue weighted by Crippen LogP contribution is -2.23. The smallest absolute Gasteiger partial charge is 0.138 e. The molecule has 2 aliphatic carbocycles. The molecule has 0 radical (unpaired) electrons. The monoisotopic (exact) mass is 265 g/mol. The van der Waals surface area contributed by atoms with Crippen LogP contribution in [0.2, 0.25) is 5.02 Å². The van der Waals surface area contributed by atoms with Crippen LogP contribution in [0.15, 0.2) is 18.2 Å². The summed E-state index contributed by atoms with van der Waals surface area (Å²) in [6, 6.07) is 5.92. The van der Waals surface area contributed by atoms with Gasteiger partial charge in [0.25, 0.3) is 0 Å². The fourth-order valence-corrected chi connectivity index (χ4v) is 3.62. The third-order valence-corrected chi connectivity index (χ3v) is 4.73. The second-order valence-corrected chi connectivity index (χ2v) is 6.22. The minimum atomic E-state index is 0.0130. The van der Waals surface area contributed by atoms with Gasteiger partial charge < -0.3 is 10.5 Å². The molecular weight excluding hydrogens is 246 g/mol. The maximum Gasteiger partial charge on any atom is 0.138 e. The molecule has 18 heavy (non-hydrogen) atoms. The van der Waals surface area contributed by atoms with Crippen molar-refractivity contribution in [3.63, 3.8) is 0 Å². The van der Waals surface area contributed by atoms with Crippen molar-refractivity contribution in [2.24, 2.45) is 17.6 Å². The molecule has 98 valence electrons. The van der Waals surface area contributed by atoms with Crippen molar-refractivity contribution < 1.29 is 4.74 Å². The van der Waals surface area contributed by atoms with E-state index in [1.807, 2.05) is 25.1 Å². The van der Waals surface area contributed by atoms with Crippen LogP contribution < -0.4 is 10.5 Å². The largest absolute Gasteiger partial charge is 0.489 e. The molecule has 0 heterocycles. The SMILES string of the molecule is C[C@@H](N)c1ccc(OC2CC3CCC2C3)c(Cl)c1. The zero-order valence-corrected chi connectivity index (χ0v) is 11.5. The Morgan fingerprint density at radius 3 is 2.72 bits per heavy atom. The molecule has 2 aliphatic rings. The van der Waals surface area contributed by atoms with Crippen molar-refractivity contribution in [3.05, 3.63) is 28.8 Å². The van der Waals surface area contributed by atoms with E-state index in [1.54, 1.807) is 0 Å². The molecule has 1 aromatic rings. The van der Waals surface area contributed by atoms with Gasteiger partial charge in [-0.05, 0) is 62.1 Å². The molecule has 2 saturated carbocycles. The van der Waals surface area contributed by atoms with Crippen LogP contribution in [-0.4, -0.2) is 6.10 Å². The maximum absolute atomic E-state index is 6.27. The number of benzene rings is 1. The topological polar surface area (TPSA) is 35.2 Å². The molecule has 2 nitrogen and oxygen atoms in total. The summed E-state index contributed by atoms with van der Waals surface area (Å²) in [6.45, 7) is 1.96. The van der Waals surface area contributed by atoms with Gasteiger partial charge in [-0.25, -0.2) is 0 Å². The van der Waals surface area contributed by atoms with Crippen LogP contribution in [-0.2, 0) is 0 Å². The summed E-state index contributed by atoms with van der Waals surface area (Å²) < 4.78 is 6.10. The Hall–Kier alpha value is -0.730. The first-order chi connectivity index (χ1) is 8.63. The van der Waals surface area contributed by atoms with E-state index in [2.05, 4.69) is 0 Å². The van der Waals surface area contributed by atoms with Crippen LogP contribution >= 0.6 is 11.6 Å². The van der Waals surface area contributed by atoms with Crippen LogP contribution in [0.4, 0.5) is 0 Å². The highest BCUT2D eigenvalue weighted by molar-refractivity contribution is 6.32. The van der Waals surface area contributed by atoms with E-state index in [1.165, 1.54) is 25.7 Å². The highest BCUT2D eigenvalue weighted by Crippen LogP contribution is 2.46. The Labute approximate surface area is 113 Å². The molecule has 2 bridgehead atoms. The average molecular weight is 266 g/mol. The van der Waals surface area contributed by atoms with Crippen LogP contribution in [0.5, 0.6) is 5.75 Å². The van der Waals surface area contributed by atoms with E-state index in [-0.39, 0.29) is 6.04 Å². The highest BCUT2D eigenvalue weighted by Gasteiger charge is 2.41. The summed E-state index contributed by atoms with van der Waals surface area (Å²) in [5.74, 6) is 2.46. The number of hydrogen-bond acceptors (Lipinski definition) is 2. The average Bonchev–Trinajstić information content (AvgIpc) is 2.93. The van der Waals surface area contributed by atoms with Gasteiger partial charge in [-0.1, -0.05) is 17.7 Å². The quantitative estimate of drug-likeness (QED) is 0.899. The first-order valence-electron chi connectivity index (χ1n) is 6.85. The van der Waals surface area contributed by atoms with Crippen LogP contribution in [0, 0.1) is 11.8 Å². The lowest BCUT2D eigenvalue weighted by Gasteiger charge is -2.24. The molecular formula is C15H20ClNO. The van der Waals surface area contributed by atoms with Crippen LogP contribution in [0.1, 0.15) is 44.2 Å². The third-order valence-electron chi connectivity index (χ3n) is 4.43. The Bertz CT molecular complexity index is 446. The molecule has 0 spiro atoms. The summed E-state index contributed by atoms with van der Waals surface area (Å²) in [6.07, 6.45) is 5.64. The molecule has 0 aliphatic heterocycles. The molecule has 3 unspecified atom stereocenters. The van der Waals surface area contributed by atoms with Crippen LogP contribution in [0.25, 0.3) is 0 Å². The predicted molar refractivity (Wildman–Crippen MR) is 73.9 cm³/mol. The zero-order valence-electron chi connectivity index (χ0n) is 10.7. The Kier molecular flexibility index (Phi) is 3.25.